The number of nitrogens with one attached hydrogen (secondary N) is 2. The van der Waals surface area contributed by atoms with Gasteiger partial charge >= 0.3 is 0 Å². The molecule has 9 nitrogen and oxygen atoms in total. The van der Waals surface area contributed by atoms with Crippen molar-refractivity contribution >= 4 is 28.6 Å². The summed E-state index contributed by atoms with van der Waals surface area (Å²) in [6, 6.07) is 0. The third kappa shape index (κ3) is 3.27. The van der Waals surface area contributed by atoms with Gasteiger partial charge in [-0.05, 0) is 52.9 Å². The van der Waals surface area contributed by atoms with Crippen molar-refractivity contribution in [3.63, 3.8) is 0 Å². The van der Waals surface area contributed by atoms with E-state index in [0.29, 0.717) is 41.3 Å². The lowest BCUT2D eigenvalue weighted by Crippen LogP contribution is -2.37. The Bertz CT molecular complexity index is 1240. The maximum atomic E-state index is 13.7. The highest BCUT2D eigenvalue weighted by Gasteiger charge is 2.40. The summed E-state index contributed by atoms with van der Waals surface area (Å²) < 4.78 is 5.86. The summed E-state index contributed by atoms with van der Waals surface area (Å²) in [7, 11) is 0. The van der Waals surface area contributed by atoms with E-state index in [4.69, 9.17) is 4.42 Å². The Balaban J connectivity index is 1.32. The van der Waals surface area contributed by atoms with Gasteiger partial charge in [0.05, 0.1) is 23.2 Å². The second kappa shape index (κ2) is 6.63. The first-order valence-corrected chi connectivity index (χ1v) is 11.3. The van der Waals surface area contributed by atoms with Crippen molar-refractivity contribution in [1.29, 1.82) is 0 Å². The van der Waals surface area contributed by atoms with Crippen LogP contribution in [0, 0.1) is 6.92 Å². The number of fused-ring (bicyclic) bond motifs is 2. The maximum Gasteiger partial charge on any atom is 0.258 e. The molecule has 32 heavy (non-hydrogen) atoms. The summed E-state index contributed by atoms with van der Waals surface area (Å²) in [5.41, 5.74) is 3.16. The highest BCUT2D eigenvalue weighted by atomic mass is 16.3. The van der Waals surface area contributed by atoms with Crippen molar-refractivity contribution in [2.75, 3.05) is 17.2 Å². The summed E-state index contributed by atoms with van der Waals surface area (Å²) in [6.07, 6.45) is 8.26. The van der Waals surface area contributed by atoms with Gasteiger partial charge in [-0.1, -0.05) is 0 Å². The predicted molar refractivity (Wildman–Crippen MR) is 120 cm³/mol. The van der Waals surface area contributed by atoms with Crippen LogP contribution < -0.4 is 10.6 Å². The Labute approximate surface area is 186 Å². The van der Waals surface area contributed by atoms with E-state index in [-0.39, 0.29) is 17.0 Å². The van der Waals surface area contributed by atoms with E-state index in [1.807, 2.05) is 11.8 Å². The van der Waals surface area contributed by atoms with Crippen LogP contribution in [-0.4, -0.2) is 48.4 Å². The van der Waals surface area contributed by atoms with Gasteiger partial charge in [0.2, 0.25) is 5.71 Å². The van der Waals surface area contributed by atoms with Gasteiger partial charge < -0.3 is 20.0 Å². The maximum absolute atomic E-state index is 13.7. The summed E-state index contributed by atoms with van der Waals surface area (Å²) >= 11 is 0. The van der Waals surface area contributed by atoms with Crippen LogP contribution in [0.4, 0.5) is 11.6 Å². The predicted octanol–water partition coefficient (Wildman–Crippen LogP) is 3.45. The molecule has 0 unspecified atom stereocenters. The first-order valence-electron chi connectivity index (χ1n) is 11.3. The quantitative estimate of drug-likeness (QED) is 0.630. The molecule has 2 saturated carbocycles. The minimum absolute atomic E-state index is 0.0232. The largest absolute Gasteiger partial charge is 0.442 e. The number of carbonyl (C=O) groups excluding carboxylic acids is 1. The zero-order valence-corrected chi connectivity index (χ0v) is 18.7. The summed E-state index contributed by atoms with van der Waals surface area (Å²) in [4.78, 5) is 33.2. The van der Waals surface area contributed by atoms with Crippen LogP contribution in [0.25, 0.3) is 11.1 Å². The minimum atomic E-state index is -0.0759. The van der Waals surface area contributed by atoms with Gasteiger partial charge in [-0.2, -0.15) is 0 Å². The fourth-order valence-electron chi connectivity index (χ4n) is 4.39. The number of aromatic nitrogens is 4. The van der Waals surface area contributed by atoms with Crippen molar-refractivity contribution in [3.8, 4) is 0 Å². The Morgan fingerprint density at radius 3 is 2.38 bits per heavy atom. The standard InChI is InChI=1S/C23H27N7O2/c1-13-16(17-19(29-23(3)7-8-23)26-12-27-20(17)32-13)21(31)30-9-4-14-15(10-30)24-11-25-18(14)28-22(2)5-6-22/h11-12H,4-10H2,1-3H3,(H,24,25,28)(H,26,27,29). The number of hydrogen-bond donors (Lipinski definition) is 2. The zero-order valence-electron chi connectivity index (χ0n) is 18.7. The molecule has 1 amide bonds. The van der Waals surface area contributed by atoms with Crippen LogP contribution >= 0.6 is 0 Å². The molecule has 0 spiro atoms. The van der Waals surface area contributed by atoms with Crippen molar-refractivity contribution in [3.05, 3.63) is 35.2 Å². The average molecular weight is 434 g/mol. The fraction of sp³-hybridized carbons (Fsp3) is 0.522. The van der Waals surface area contributed by atoms with Gasteiger partial charge in [0.15, 0.2) is 0 Å². The van der Waals surface area contributed by atoms with Gasteiger partial charge in [0.25, 0.3) is 5.91 Å². The molecule has 1 aliphatic heterocycles. The van der Waals surface area contributed by atoms with Crippen LogP contribution in [0.15, 0.2) is 17.1 Å². The van der Waals surface area contributed by atoms with Gasteiger partial charge in [0, 0.05) is 23.2 Å². The van der Waals surface area contributed by atoms with Gasteiger partial charge in [-0.3, -0.25) is 4.79 Å². The lowest BCUT2D eigenvalue weighted by molar-refractivity contribution is 0.0731. The molecule has 0 atom stereocenters. The highest BCUT2D eigenvalue weighted by Crippen LogP contribution is 2.41. The van der Waals surface area contributed by atoms with E-state index < -0.39 is 0 Å². The number of hydrogen-bond acceptors (Lipinski definition) is 8. The number of rotatable bonds is 5. The molecule has 3 aliphatic rings. The second-order valence-corrected chi connectivity index (χ2v) is 9.93. The molecule has 0 aromatic carbocycles. The van der Waals surface area contributed by atoms with E-state index >= 15 is 0 Å². The molecule has 166 valence electrons. The second-order valence-electron chi connectivity index (χ2n) is 9.93. The highest BCUT2D eigenvalue weighted by molar-refractivity contribution is 6.10. The lowest BCUT2D eigenvalue weighted by atomic mass is 10.0. The molecule has 0 saturated heterocycles. The molecule has 2 fully saturated rings. The molecular formula is C23H27N7O2. The molecule has 2 N–H and O–H groups in total. The molecule has 0 radical (unpaired) electrons. The monoisotopic (exact) mass is 433 g/mol. The van der Waals surface area contributed by atoms with Gasteiger partial charge in [0.1, 0.15) is 30.1 Å². The van der Waals surface area contributed by atoms with Crippen molar-refractivity contribution in [2.45, 2.75) is 70.5 Å². The normalized spacial score (nSPS) is 20.0. The minimum Gasteiger partial charge on any atom is -0.442 e. The number of nitrogens with zero attached hydrogens (tertiary/aromatic N) is 5. The van der Waals surface area contributed by atoms with Gasteiger partial charge in [-0.15, -0.1) is 0 Å². The Morgan fingerprint density at radius 1 is 1.00 bits per heavy atom. The summed E-state index contributed by atoms with van der Waals surface area (Å²) in [6.45, 7) is 7.23. The first-order chi connectivity index (χ1) is 15.3. The van der Waals surface area contributed by atoms with E-state index in [2.05, 4.69) is 44.4 Å². The van der Waals surface area contributed by atoms with E-state index in [9.17, 15) is 4.79 Å². The lowest BCUT2D eigenvalue weighted by Gasteiger charge is -2.29. The van der Waals surface area contributed by atoms with Crippen LogP contribution in [0.1, 0.15) is 66.9 Å². The SMILES string of the molecule is Cc1oc2ncnc(NC3(C)CC3)c2c1C(=O)N1CCc2c(ncnc2NC2(C)CC2)C1. The molecule has 0 bridgehead atoms. The molecule has 2 aliphatic carbocycles. The number of furan rings is 1. The van der Waals surface area contributed by atoms with Crippen molar-refractivity contribution in [2.24, 2.45) is 0 Å². The number of amides is 1. The Hall–Kier alpha value is -3.23. The number of carbonyl (C=O) groups is 1. The van der Waals surface area contributed by atoms with Crippen LogP contribution in [0.5, 0.6) is 0 Å². The topological polar surface area (TPSA) is 109 Å². The molecule has 3 aromatic rings. The van der Waals surface area contributed by atoms with E-state index in [0.717, 1.165) is 49.2 Å². The van der Waals surface area contributed by atoms with Crippen LogP contribution in [0.2, 0.25) is 0 Å². The van der Waals surface area contributed by atoms with Crippen LogP contribution in [0.3, 0.4) is 0 Å². The smallest absolute Gasteiger partial charge is 0.258 e. The third-order valence-corrected chi connectivity index (χ3v) is 7.01. The Morgan fingerprint density at radius 2 is 1.66 bits per heavy atom. The average Bonchev–Trinajstić information content (AvgIpc) is 3.65. The number of aryl methyl sites for hydroxylation is 1. The molecule has 3 aromatic heterocycles. The first kappa shape index (κ1) is 19.5. The van der Waals surface area contributed by atoms with E-state index in [1.165, 1.54) is 6.33 Å². The molecule has 9 heteroatoms. The van der Waals surface area contributed by atoms with Gasteiger partial charge in [-0.25, -0.2) is 19.9 Å². The molecular weight excluding hydrogens is 406 g/mol. The van der Waals surface area contributed by atoms with E-state index in [1.54, 1.807) is 6.33 Å². The summed E-state index contributed by atoms with van der Waals surface area (Å²) in [5.74, 6) is 2.06. The van der Waals surface area contributed by atoms with Crippen LogP contribution in [-0.2, 0) is 13.0 Å². The molecule has 4 heterocycles. The zero-order chi connectivity index (χ0) is 22.1. The summed E-state index contributed by atoms with van der Waals surface area (Å²) in [5, 5.41) is 7.72. The Kier molecular flexibility index (Phi) is 4.03. The molecule has 6 rings (SSSR count). The van der Waals surface area contributed by atoms with Crippen molar-refractivity contribution in [1.82, 2.24) is 24.8 Å². The number of anilines is 2. The fourth-order valence-corrected chi connectivity index (χ4v) is 4.39. The third-order valence-electron chi connectivity index (χ3n) is 7.01. The van der Waals surface area contributed by atoms with Crippen molar-refractivity contribution < 1.29 is 9.21 Å².